The lowest BCUT2D eigenvalue weighted by molar-refractivity contribution is -0.137. The highest BCUT2D eigenvalue weighted by molar-refractivity contribution is 5.93. The van der Waals surface area contributed by atoms with Crippen LogP contribution >= 0.6 is 0 Å². The molecular weight excluding hydrogens is 323 g/mol. The van der Waals surface area contributed by atoms with Crippen LogP contribution in [0.15, 0.2) is 0 Å². The van der Waals surface area contributed by atoms with Crippen molar-refractivity contribution < 1.29 is 26.7 Å². The van der Waals surface area contributed by atoms with Crippen LogP contribution in [-0.4, -0.2) is 39.0 Å². The van der Waals surface area contributed by atoms with Crippen molar-refractivity contribution in [1.29, 1.82) is 0 Å². The first kappa shape index (κ1) is 17.6. The highest BCUT2D eigenvalue weighted by atomic mass is 19.4. The predicted octanol–water partition coefficient (Wildman–Crippen LogP) is 2.85. The second-order valence-electron chi connectivity index (χ2n) is 5.70. The number of carbonyl (C=O) groups excluding carboxylic acids is 1. The van der Waals surface area contributed by atoms with Crippen LogP contribution in [0.4, 0.5) is 22.0 Å². The molecule has 1 heterocycles. The Balaban J connectivity index is 1.93. The largest absolute Gasteiger partial charge is 0.390 e. The zero-order valence-electron chi connectivity index (χ0n) is 12.5. The van der Waals surface area contributed by atoms with Crippen LogP contribution in [0.25, 0.3) is 0 Å². The fraction of sp³-hybridized carbons (Fsp3) is 0.769. The van der Waals surface area contributed by atoms with Gasteiger partial charge in [-0.25, -0.2) is 8.78 Å². The molecule has 23 heavy (non-hydrogen) atoms. The van der Waals surface area contributed by atoms with Crippen LogP contribution in [0.5, 0.6) is 0 Å². The average molecular weight is 340 g/mol. The molecule has 0 unspecified atom stereocenters. The summed E-state index contributed by atoms with van der Waals surface area (Å²) in [6, 6.07) is -0.387. The van der Waals surface area contributed by atoms with E-state index in [-0.39, 0.29) is 43.1 Å². The Hall–Kier alpha value is -1.74. The van der Waals surface area contributed by atoms with E-state index in [2.05, 4.69) is 15.5 Å². The van der Waals surface area contributed by atoms with Crippen molar-refractivity contribution >= 4 is 5.91 Å². The molecule has 1 aromatic heterocycles. The Labute approximate surface area is 129 Å². The zero-order chi connectivity index (χ0) is 17.3. The Bertz CT molecular complexity index is 559. The van der Waals surface area contributed by atoms with Gasteiger partial charge in [0.2, 0.25) is 5.92 Å². The van der Waals surface area contributed by atoms with E-state index in [0.717, 1.165) is 4.80 Å². The number of amides is 1. The fourth-order valence-corrected chi connectivity index (χ4v) is 2.41. The molecule has 0 aromatic carbocycles. The number of rotatable bonds is 4. The summed E-state index contributed by atoms with van der Waals surface area (Å²) in [5.74, 6) is -3.30. The summed E-state index contributed by atoms with van der Waals surface area (Å²) >= 11 is 0. The van der Waals surface area contributed by atoms with Crippen LogP contribution in [-0.2, 0) is 6.54 Å². The Kier molecular flexibility index (Phi) is 4.90. The van der Waals surface area contributed by atoms with E-state index in [0.29, 0.717) is 0 Å². The van der Waals surface area contributed by atoms with Crippen molar-refractivity contribution in [1.82, 2.24) is 20.3 Å². The Morgan fingerprint density at radius 1 is 1.30 bits per heavy atom. The molecule has 1 amide bonds. The minimum Gasteiger partial charge on any atom is -0.348 e. The number of halogens is 5. The first-order valence-corrected chi connectivity index (χ1v) is 7.23. The number of nitrogens with one attached hydrogen (secondary N) is 1. The van der Waals surface area contributed by atoms with Crippen molar-refractivity contribution in [3.63, 3.8) is 0 Å². The van der Waals surface area contributed by atoms with Crippen molar-refractivity contribution in [3.05, 3.63) is 11.4 Å². The molecule has 0 bridgehead atoms. The van der Waals surface area contributed by atoms with Crippen molar-refractivity contribution in [2.75, 3.05) is 0 Å². The summed E-state index contributed by atoms with van der Waals surface area (Å²) in [5.41, 5.74) is 0.121. The molecule has 2 rings (SSSR count). The fourth-order valence-electron chi connectivity index (χ4n) is 2.41. The number of hydrogen-bond donors (Lipinski definition) is 1. The molecule has 130 valence electrons. The van der Waals surface area contributed by atoms with Gasteiger partial charge in [-0.2, -0.15) is 23.1 Å². The summed E-state index contributed by atoms with van der Waals surface area (Å²) in [6.07, 6.45) is -5.72. The molecule has 0 saturated heterocycles. The normalized spacial score (nSPS) is 18.9. The van der Waals surface area contributed by atoms with Crippen LogP contribution in [0, 0.1) is 6.92 Å². The second-order valence-corrected chi connectivity index (χ2v) is 5.70. The molecule has 0 atom stereocenters. The van der Waals surface area contributed by atoms with Crippen molar-refractivity contribution in [2.24, 2.45) is 0 Å². The molecule has 0 aliphatic heterocycles. The number of hydrogen-bond acceptors (Lipinski definition) is 3. The number of alkyl halides is 5. The third-order valence-electron chi connectivity index (χ3n) is 3.69. The summed E-state index contributed by atoms with van der Waals surface area (Å²) in [4.78, 5) is 12.9. The van der Waals surface area contributed by atoms with E-state index in [1.54, 1.807) is 0 Å². The minimum absolute atomic E-state index is 0.0792. The summed E-state index contributed by atoms with van der Waals surface area (Å²) in [7, 11) is 0. The molecule has 1 aliphatic carbocycles. The molecule has 1 aliphatic rings. The Morgan fingerprint density at radius 2 is 1.91 bits per heavy atom. The third-order valence-corrected chi connectivity index (χ3v) is 3.69. The lowest BCUT2D eigenvalue weighted by Crippen LogP contribution is -2.40. The molecule has 1 aromatic rings. The molecule has 1 N–H and O–H groups in total. The molecule has 5 nitrogen and oxygen atoms in total. The number of nitrogens with zero attached hydrogens (tertiary/aromatic N) is 3. The number of aryl methyl sites for hydroxylation is 2. The van der Waals surface area contributed by atoms with Gasteiger partial charge < -0.3 is 5.32 Å². The van der Waals surface area contributed by atoms with Gasteiger partial charge in [0.15, 0.2) is 5.69 Å². The summed E-state index contributed by atoms with van der Waals surface area (Å²) in [6.45, 7) is 0.980. The van der Waals surface area contributed by atoms with E-state index in [1.807, 2.05) is 0 Å². The van der Waals surface area contributed by atoms with Crippen LogP contribution in [0.1, 0.15) is 48.3 Å². The van der Waals surface area contributed by atoms with E-state index >= 15 is 0 Å². The number of aromatic nitrogens is 3. The van der Waals surface area contributed by atoms with E-state index in [9.17, 15) is 26.7 Å². The maximum absolute atomic E-state index is 13.1. The SMILES string of the molecule is Cc1nn(CCC(F)(F)F)nc1C(=O)NC1CCC(F)(F)CC1. The standard InChI is InChI=1S/C13H17F5N4O/c1-8-10(21-22(20-8)7-6-13(16,17)18)11(23)19-9-2-4-12(14,15)5-3-9/h9H,2-7H2,1H3,(H,19,23). The van der Waals surface area contributed by atoms with Gasteiger partial charge in [0.1, 0.15) is 0 Å². The first-order chi connectivity index (χ1) is 10.6. The summed E-state index contributed by atoms with van der Waals surface area (Å²) < 4.78 is 62.6. The third kappa shape index (κ3) is 5.14. The van der Waals surface area contributed by atoms with Crippen LogP contribution < -0.4 is 5.32 Å². The quantitative estimate of drug-likeness (QED) is 0.858. The summed E-state index contributed by atoms with van der Waals surface area (Å²) in [5, 5.41) is 10.1. The zero-order valence-corrected chi connectivity index (χ0v) is 12.5. The van der Waals surface area contributed by atoms with Gasteiger partial charge in [-0.1, -0.05) is 0 Å². The Morgan fingerprint density at radius 3 is 2.48 bits per heavy atom. The highest BCUT2D eigenvalue weighted by Gasteiger charge is 2.35. The minimum atomic E-state index is -4.34. The van der Waals surface area contributed by atoms with Gasteiger partial charge in [-0.15, -0.1) is 5.10 Å². The lowest BCUT2D eigenvalue weighted by atomic mass is 9.92. The molecule has 1 fully saturated rings. The van der Waals surface area contributed by atoms with Gasteiger partial charge in [0, 0.05) is 18.9 Å². The molecule has 10 heteroatoms. The monoisotopic (exact) mass is 340 g/mol. The van der Waals surface area contributed by atoms with E-state index in [1.165, 1.54) is 6.92 Å². The maximum atomic E-state index is 13.1. The average Bonchev–Trinajstić information content (AvgIpc) is 2.79. The predicted molar refractivity (Wildman–Crippen MR) is 70.1 cm³/mol. The van der Waals surface area contributed by atoms with E-state index in [4.69, 9.17) is 0 Å². The smallest absolute Gasteiger partial charge is 0.348 e. The van der Waals surface area contributed by atoms with Gasteiger partial charge in [0.25, 0.3) is 5.91 Å². The van der Waals surface area contributed by atoms with Crippen molar-refractivity contribution in [2.45, 2.75) is 63.7 Å². The molecule has 0 radical (unpaired) electrons. The van der Waals surface area contributed by atoms with Crippen LogP contribution in [0.3, 0.4) is 0 Å². The van der Waals surface area contributed by atoms with Gasteiger partial charge in [-0.05, 0) is 19.8 Å². The topological polar surface area (TPSA) is 59.8 Å². The first-order valence-electron chi connectivity index (χ1n) is 7.23. The number of carbonyl (C=O) groups is 1. The van der Waals surface area contributed by atoms with Crippen molar-refractivity contribution in [3.8, 4) is 0 Å². The highest BCUT2D eigenvalue weighted by Crippen LogP contribution is 2.33. The van der Waals surface area contributed by atoms with E-state index < -0.39 is 31.0 Å². The molecule has 0 spiro atoms. The lowest BCUT2D eigenvalue weighted by Gasteiger charge is -2.28. The second kappa shape index (κ2) is 6.40. The molecular formula is C13H17F5N4O. The molecule has 1 saturated carbocycles. The van der Waals surface area contributed by atoms with Gasteiger partial charge >= 0.3 is 6.18 Å². The van der Waals surface area contributed by atoms with Gasteiger partial charge in [-0.3, -0.25) is 4.79 Å². The van der Waals surface area contributed by atoms with Gasteiger partial charge in [0.05, 0.1) is 18.7 Å². The van der Waals surface area contributed by atoms with Crippen LogP contribution in [0.2, 0.25) is 0 Å². The maximum Gasteiger partial charge on any atom is 0.390 e.